The zero-order valence-corrected chi connectivity index (χ0v) is 23.6. The lowest BCUT2D eigenvalue weighted by Crippen LogP contribution is -2.30. The molecule has 2 heterocycles. The number of amides is 2. The zero-order chi connectivity index (χ0) is 27.6. The summed E-state index contributed by atoms with van der Waals surface area (Å²) in [5.74, 6) is -0.0968. The number of carbonyl (C=O) groups is 2. The number of nitrogens with one attached hydrogen (secondary N) is 1. The third kappa shape index (κ3) is 5.84. The zero-order valence-electron chi connectivity index (χ0n) is 22.0. The van der Waals surface area contributed by atoms with Crippen molar-refractivity contribution in [3.8, 4) is 0 Å². The Balaban J connectivity index is 1.29. The molecule has 1 aliphatic rings. The van der Waals surface area contributed by atoms with Gasteiger partial charge in [0.2, 0.25) is 5.91 Å². The number of nitrogens with zero attached hydrogens (tertiary/aromatic N) is 2. The fourth-order valence-corrected chi connectivity index (χ4v) is 7.18. The molecular formula is C30H31N3O4S2. The van der Waals surface area contributed by atoms with Gasteiger partial charge < -0.3 is 10.2 Å². The molecule has 0 radical (unpaired) electrons. The van der Waals surface area contributed by atoms with Crippen molar-refractivity contribution >= 4 is 54.6 Å². The molecule has 4 aromatic rings. The van der Waals surface area contributed by atoms with Gasteiger partial charge in [0.05, 0.1) is 21.9 Å². The maximum absolute atomic E-state index is 13.3. The van der Waals surface area contributed by atoms with Crippen molar-refractivity contribution in [2.75, 3.05) is 29.3 Å². The molecule has 0 atom stereocenters. The minimum Gasteiger partial charge on any atom is -0.342 e. The van der Waals surface area contributed by atoms with Gasteiger partial charge in [-0.2, -0.15) is 0 Å². The molecule has 1 aliphatic heterocycles. The van der Waals surface area contributed by atoms with Crippen molar-refractivity contribution in [2.45, 2.75) is 38.0 Å². The van der Waals surface area contributed by atoms with E-state index in [0.29, 0.717) is 22.7 Å². The maximum atomic E-state index is 13.3. The molecule has 1 saturated heterocycles. The molecule has 5 rings (SSSR count). The van der Waals surface area contributed by atoms with Crippen LogP contribution in [0.15, 0.2) is 77.7 Å². The van der Waals surface area contributed by atoms with E-state index in [2.05, 4.69) is 5.32 Å². The second-order valence-corrected chi connectivity index (χ2v) is 12.7. The first-order chi connectivity index (χ1) is 18.7. The lowest BCUT2D eigenvalue weighted by Gasteiger charge is -2.23. The summed E-state index contributed by atoms with van der Waals surface area (Å²) >= 11 is 1.35. The molecule has 9 heteroatoms. The Kier molecular flexibility index (Phi) is 7.72. The van der Waals surface area contributed by atoms with Crippen LogP contribution in [0.2, 0.25) is 0 Å². The molecule has 1 aromatic heterocycles. The molecule has 0 unspecified atom stereocenters. The fraction of sp³-hybridized carbons (Fsp3) is 0.267. The van der Waals surface area contributed by atoms with E-state index >= 15 is 0 Å². The topological polar surface area (TPSA) is 86.8 Å². The van der Waals surface area contributed by atoms with Gasteiger partial charge in [-0.3, -0.25) is 13.9 Å². The Hall–Kier alpha value is -3.69. The molecule has 1 fully saturated rings. The third-order valence-corrected chi connectivity index (χ3v) is 9.97. The molecule has 39 heavy (non-hydrogen) atoms. The summed E-state index contributed by atoms with van der Waals surface area (Å²) in [6, 6.07) is 21.4. The van der Waals surface area contributed by atoms with E-state index in [9.17, 15) is 18.0 Å². The van der Waals surface area contributed by atoms with Gasteiger partial charge in [0, 0.05) is 30.0 Å². The predicted molar refractivity (Wildman–Crippen MR) is 157 cm³/mol. The van der Waals surface area contributed by atoms with E-state index in [0.717, 1.165) is 47.1 Å². The summed E-state index contributed by atoms with van der Waals surface area (Å²) in [6.07, 6.45) is 2.50. The van der Waals surface area contributed by atoms with Gasteiger partial charge in [0.25, 0.3) is 15.9 Å². The normalized spacial score (nSPS) is 13.5. The lowest BCUT2D eigenvalue weighted by atomic mass is 10.1. The van der Waals surface area contributed by atoms with Crippen molar-refractivity contribution in [3.63, 3.8) is 0 Å². The number of carbonyl (C=O) groups excluding carboxylic acids is 2. The Morgan fingerprint density at radius 3 is 2.31 bits per heavy atom. The first-order valence-electron chi connectivity index (χ1n) is 13.1. The Labute approximate surface area is 233 Å². The van der Waals surface area contributed by atoms with Crippen LogP contribution in [0.25, 0.3) is 10.1 Å². The summed E-state index contributed by atoms with van der Waals surface area (Å²) in [6.45, 7) is 5.67. The second kappa shape index (κ2) is 11.2. The van der Waals surface area contributed by atoms with Gasteiger partial charge in [-0.15, -0.1) is 11.3 Å². The van der Waals surface area contributed by atoms with Crippen LogP contribution < -0.4 is 9.62 Å². The monoisotopic (exact) mass is 561 g/mol. The first-order valence-corrected chi connectivity index (χ1v) is 15.3. The Morgan fingerprint density at radius 1 is 0.949 bits per heavy atom. The summed E-state index contributed by atoms with van der Waals surface area (Å²) in [7, 11) is -3.72. The van der Waals surface area contributed by atoms with Crippen LogP contribution >= 0.6 is 11.3 Å². The van der Waals surface area contributed by atoms with Gasteiger partial charge in [-0.05, 0) is 86.2 Å². The smallest absolute Gasteiger partial charge is 0.265 e. The number of likely N-dealkylation sites (tertiary alicyclic amines) is 1. The molecule has 7 nitrogen and oxygen atoms in total. The highest BCUT2D eigenvalue weighted by Crippen LogP contribution is 2.32. The number of benzene rings is 3. The number of hydrogen-bond acceptors (Lipinski definition) is 5. The second-order valence-electron chi connectivity index (χ2n) is 9.73. The lowest BCUT2D eigenvalue weighted by molar-refractivity contribution is -0.129. The molecular weight excluding hydrogens is 530 g/mol. The van der Waals surface area contributed by atoms with E-state index in [1.54, 1.807) is 43.3 Å². The number of rotatable bonds is 8. The van der Waals surface area contributed by atoms with Crippen LogP contribution in [-0.2, 0) is 21.2 Å². The van der Waals surface area contributed by atoms with Crippen molar-refractivity contribution in [3.05, 3.63) is 88.8 Å². The predicted octanol–water partition coefficient (Wildman–Crippen LogP) is 5.84. The number of aryl methyl sites for hydroxylation is 1. The van der Waals surface area contributed by atoms with Gasteiger partial charge in [0.15, 0.2) is 0 Å². The third-order valence-electron chi connectivity index (χ3n) is 6.93. The summed E-state index contributed by atoms with van der Waals surface area (Å²) < 4.78 is 28.9. The van der Waals surface area contributed by atoms with Crippen LogP contribution in [-0.4, -0.2) is 44.8 Å². The molecule has 0 aliphatic carbocycles. The highest BCUT2D eigenvalue weighted by Gasteiger charge is 2.24. The van der Waals surface area contributed by atoms with Crippen molar-refractivity contribution < 1.29 is 18.0 Å². The van der Waals surface area contributed by atoms with Crippen LogP contribution in [0.5, 0.6) is 0 Å². The number of fused-ring (bicyclic) bond motifs is 1. The van der Waals surface area contributed by atoms with Crippen LogP contribution in [0.1, 0.15) is 40.6 Å². The average molecular weight is 562 g/mol. The van der Waals surface area contributed by atoms with Crippen LogP contribution in [0.3, 0.4) is 0 Å². The summed E-state index contributed by atoms with van der Waals surface area (Å²) in [5, 5.41) is 3.73. The molecule has 1 N–H and O–H groups in total. The van der Waals surface area contributed by atoms with Gasteiger partial charge in [-0.25, -0.2) is 8.42 Å². The minimum atomic E-state index is -3.72. The molecule has 3 aromatic carbocycles. The molecule has 0 bridgehead atoms. The van der Waals surface area contributed by atoms with Crippen molar-refractivity contribution in [1.82, 2.24) is 4.90 Å². The van der Waals surface area contributed by atoms with Crippen LogP contribution in [0, 0.1) is 6.92 Å². The summed E-state index contributed by atoms with van der Waals surface area (Å²) in [4.78, 5) is 28.1. The van der Waals surface area contributed by atoms with Crippen molar-refractivity contribution in [1.29, 1.82) is 0 Å². The van der Waals surface area contributed by atoms with Gasteiger partial charge >= 0.3 is 0 Å². The standard InChI is InChI=1S/C30H31N3O4S2/c1-3-33(39(36,37)26-13-6-21(2)7-14-26)25-12-15-27-23(19-25)20-28(38-27)30(35)31-24-10-8-22(9-11-24)18-29(34)32-16-4-5-17-32/h6-15,19-20H,3-5,16-18H2,1-2H3,(H,31,35). The molecule has 0 saturated carbocycles. The first kappa shape index (κ1) is 26.9. The van der Waals surface area contributed by atoms with E-state index in [4.69, 9.17) is 0 Å². The largest absolute Gasteiger partial charge is 0.342 e. The van der Waals surface area contributed by atoms with E-state index < -0.39 is 10.0 Å². The minimum absolute atomic E-state index is 0.141. The maximum Gasteiger partial charge on any atom is 0.265 e. The highest BCUT2D eigenvalue weighted by molar-refractivity contribution is 7.92. The van der Waals surface area contributed by atoms with E-state index in [1.807, 2.05) is 48.2 Å². The van der Waals surface area contributed by atoms with Gasteiger partial charge in [0.1, 0.15) is 0 Å². The molecule has 2 amide bonds. The van der Waals surface area contributed by atoms with Gasteiger partial charge in [-0.1, -0.05) is 29.8 Å². The quantitative estimate of drug-likeness (QED) is 0.293. The highest BCUT2D eigenvalue weighted by atomic mass is 32.2. The Bertz CT molecular complexity index is 1600. The number of sulfonamides is 1. The van der Waals surface area contributed by atoms with Crippen LogP contribution in [0.4, 0.5) is 11.4 Å². The average Bonchev–Trinajstić information content (AvgIpc) is 3.61. The molecule has 0 spiro atoms. The number of thiophene rings is 1. The van der Waals surface area contributed by atoms with Crippen molar-refractivity contribution in [2.24, 2.45) is 0 Å². The SMILES string of the molecule is CCN(c1ccc2sc(C(=O)Nc3ccc(CC(=O)N4CCCC4)cc3)cc2c1)S(=O)(=O)c1ccc(C)cc1. The molecule has 202 valence electrons. The number of anilines is 2. The Morgan fingerprint density at radius 2 is 1.64 bits per heavy atom. The fourth-order valence-electron chi connectivity index (χ4n) is 4.78. The number of hydrogen-bond donors (Lipinski definition) is 1. The summed E-state index contributed by atoms with van der Waals surface area (Å²) in [5.41, 5.74) is 3.11. The van der Waals surface area contributed by atoms with E-state index in [-0.39, 0.29) is 23.3 Å². The van der Waals surface area contributed by atoms with E-state index in [1.165, 1.54) is 15.6 Å².